The number of rotatable bonds is 6. The molecule has 0 radical (unpaired) electrons. The van der Waals surface area contributed by atoms with Gasteiger partial charge in [0.1, 0.15) is 0 Å². The lowest BCUT2D eigenvalue weighted by atomic mass is 9.85. The molecule has 1 aliphatic carbocycles. The molecule has 1 atom stereocenters. The maximum atomic E-state index is 6.06. The summed E-state index contributed by atoms with van der Waals surface area (Å²) in [5.74, 6) is 1.94. The summed E-state index contributed by atoms with van der Waals surface area (Å²) < 4.78 is 6.06. The Kier molecular flexibility index (Phi) is 5.51. The molecule has 0 heterocycles. The van der Waals surface area contributed by atoms with E-state index in [2.05, 4.69) is 39.2 Å². The summed E-state index contributed by atoms with van der Waals surface area (Å²) in [5, 5.41) is 0. The van der Waals surface area contributed by atoms with E-state index >= 15 is 0 Å². The fourth-order valence-electron chi connectivity index (χ4n) is 2.27. The third kappa shape index (κ3) is 5.58. The lowest BCUT2D eigenvalue weighted by Crippen LogP contribution is -2.26. The van der Waals surface area contributed by atoms with Gasteiger partial charge in [0, 0.05) is 6.42 Å². The van der Waals surface area contributed by atoms with Crippen molar-refractivity contribution in [3.63, 3.8) is 0 Å². The van der Waals surface area contributed by atoms with Gasteiger partial charge in [0.05, 0.1) is 5.76 Å². The molecule has 0 saturated carbocycles. The van der Waals surface area contributed by atoms with Crippen molar-refractivity contribution in [2.45, 2.75) is 65.1 Å². The van der Waals surface area contributed by atoms with Crippen molar-refractivity contribution < 1.29 is 4.43 Å². The molecule has 2 heteroatoms. The van der Waals surface area contributed by atoms with Crippen LogP contribution in [0.25, 0.3) is 0 Å². The molecule has 1 rings (SSSR count). The Morgan fingerprint density at radius 1 is 1.47 bits per heavy atom. The molecule has 0 aromatic rings. The molecule has 1 unspecified atom stereocenters. The summed E-state index contributed by atoms with van der Waals surface area (Å²) in [5.41, 5.74) is 1.45. The average Bonchev–Trinajstić information content (AvgIpc) is 2.24. The minimum Gasteiger partial charge on any atom is -0.548 e. The Morgan fingerprint density at radius 3 is 2.65 bits per heavy atom. The Labute approximate surface area is 108 Å². The van der Waals surface area contributed by atoms with E-state index in [1.54, 1.807) is 0 Å². The maximum absolute atomic E-state index is 6.06. The highest BCUT2D eigenvalue weighted by Crippen LogP contribution is 2.32. The Morgan fingerprint density at radius 2 is 2.18 bits per heavy atom. The van der Waals surface area contributed by atoms with E-state index < -0.39 is 8.32 Å². The molecule has 0 N–H and O–H groups in total. The van der Waals surface area contributed by atoms with Gasteiger partial charge in [-0.05, 0) is 57.3 Å². The third-order valence-electron chi connectivity index (χ3n) is 3.24. The van der Waals surface area contributed by atoms with Gasteiger partial charge in [0.15, 0.2) is 0 Å². The van der Waals surface area contributed by atoms with Crippen LogP contribution in [0.1, 0.15) is 45.4 Å². The fraction of sp³-hybridized carbons (Fsp3) is 0.733. The molecule has 0 fully saturated rings. The maximum Gasteiger partial charge on any atom is 0.241 e. The fourth-order valence-corrected chi connectivity index (χ4v) is 3.25. The highest BCUT2D eigenvalue weighted by Gasteiger charge is 2.22. The molecule has 0 aromatic carbocycles. The number of unbranched alkanes of at least 4 members (excludes halogenated alkanes) is 1. The summed E-state index contributed by atoms with van der Waals surface area (Å²) in [6.45, 7) is 13.2. The van der Waals surface area contributed by atoms with Gasteiger partial charge in [-0.25, -0.2) is 0 Å². The lowest BCUT2D eigenvalue weighted by molar-refractivity contribution is 0.358. The van der Waals surface area contributed by atoms with E-state index in [9.17, 15) is 0 Å². The smallest absolute Gasteiger partial charge is 0.241 e. The van der Waals surface area contributed by atoms with Crippen molar-refractivity contribution in [3.8, 4) is 0 Å². The van der Waals surface area contributed by atoms with Crippen LogP contribution in [0.5, 0.6) is 0 Å². The summed E-state index contributed by atoms with van der Waals surface area (Å²) in [4.78, 5) is 0. The minimum absolute atomic E-state index is 0.704. The normalized spacial score (nSPS) is 20.9. The predicted molar refractivity (Wildman–Crippen MR) is 78.5 cm³/mol. The first-order chi connectivity index (χ1) is 7.92. The molecule has 98 valence electrons. The van der Waals surface area contributed by atoms with E-state index in [1.165, 1.54) is 37.0 Å². The van der Waals surface area contributed by atoms with Crippen LogP contribution in [0, 0.1) is 5.92 Å². The second-order valence-corrected chi connectivity index (χ2v) is 10.5. The van der Waals surface area contributed by atoms with E-state index in [4.69, 9.17) is 4.43 Å². The first-order valence-electron chi connectivity index (χ1n) is 6.98. The molecular formula is C15H28OSi. The van der Waals surface area contributed by atoms with Crippen molar-refractivity contribution in [2.24, 2.45) is 5.92 Å². The van der Waals surface area contributed by atoms with Crippen molar-refractivity contribution in [1.29, 1.82) is 0 Å². The van der Waals surface area contributed by atoms with Crippen LogP contribution in [0.3, 0.4) is 0 Å². The number of hydrogen-bond donors (Lipinski definition) is 0. The highest BCUT2D eigenvalue weighted by atomic mass is 28.4. The van der Waals surface area contributed by atoms with E-state index in [-0.39, 0.29) is 0 Å². The first kappa shape index (κ1) is 14.6. The van der Waals surface area contributed by atoms with Crippen LogP contribution < -0.4 is 0 Å². The van der Waals surface area contributed by atoms with Gasteiger partial charge in [-0.1, -0.05) is 25.5 Å². The molecule has 0 saturated heterocycles. The van der Waals surface area contributed by atoms with Crippen LogP contribution in [0.15, 0.2) is 24.0 Å². The Balaban J connectivity index is 2.41. The summed E-state index contributed by atoms with van der Waals surface area (Å²) >= 11 is 0. The van der Waals surface area contributed by atoms with Gasteiger partial charge in [0.2, 0.25) is 8.32 Å². The van der Waals surface area contributed by atoms with Crippen LogP contribution in [0.4, 0.5) is 0 Å². The second kappa shape index (κ2) is 6.44. The topological polar surface area (TPSA) is 9.23 Å². The van der Waals surface area contributed by atoms with Crippen molar-refractivity contribution >= 4 is 8.32 Å². The lowest BCUT2D eigenvalue weighted by Gasteiger charge is -2.28. The van der Waals surface area contributed by atoms with Gasteiger partial charge in [-0.3, -0.25) is 0 Å². The SMILES string of the molecule is C=C(CCCC)C1CC=C(O[Si](C)(C)C)CC1. The Bertz CT molecular complexity index is 286. The third-order valence-corrected chi connectivity index (χ3v) is 4.11. The standard InChI is InChI=1S/C15H28OSi/c1-6-7-8-13(2)14-9-11-15(12-10-14)16-17(3,4)5/h11,14H,2,6-10,12H2,1,3-5H3. The summed E-state index contributed by atoms with van der Waals surface area (Å²) in [7, 11) is -1.41. The van der Waals surface area contributed by atoms with E-state index in [1.807, 2.05) is 0 Å². The highest BCUT2D eigenvalue weighted by molar-refractivity contribution is 6.70. The molecule has 0 aromatic heterocycles. The monoisotopic (exact) mass is 252 g/mol. The largest absolute Gasteiger partial charge is 0.548 e. The summed E-state index contributed by atoms with van der Waals surface area (Å²) in [6.07, 6.45) is 9.56. The van der Waals surface area contributed by atoms with Crippen LogP contribution in [0.2, 0.25) is 19.6 Å². The van der Waals surface area contributed by atoms with Crippen molar-refractivity contribution in [1.82, 2.24) is 0 Å². The van der Waals surface area contributed by atoms with Gasteiger partial charge in [-0.15, -0.1) is 0 Å². The molecule has 0 aliphatic heterocycles. The van der Waals surface area contributed by atoms with Gasteiger partial charge in [-0.2, -0.15) is 0 Å². The summed E-state index contributed by atoms with van der Waals surface area (Å²) in [6, 6.07) is 0. The molecular weight excluding hydrogens is 224 g/mol. The molecule has 1 aliphatic rings. The zero-order valence-electron chi connectivity index (χ0n) is 12.0. The zero-order chi connectivity index (χ0) is 12.9. The van der Waals surface area contributed by atoms with Crippen molar-refractivity contribution in [2.75, 3.05) is 0 Å². The van der Waals surface area contributed by atoms with Gasteiger partial charge in [0.25, 0.3) is 0 Å². The number of hydrogen-bond acceptors (Lipinski definition) is 1. The average molecular weight is 252 g/mol. The quantitative estimate of drug-likeness (QED) is 0.462. The zero-order valence-corrected chi connectivity index (χ0v) is 13.0. The van der Waals surface area contributed by atoms with Gasteiger partial charge < -0.3 is 4.43 Å². The van der Waals surface area contributed by atoms with Gasteiger partial charge >= 0.3 is 0 Å². The molecule has 0 bridgehead atoms. The second-order valence-electron chi connectivity index (χ2n) is 6.12. The molecule has 0 amide bonds. The van der Waals surface area contributed by atoms with E-state index in [0.717, 1.165) is 12.8 Å². The predicted octanol–water partition coefficient (Wildman–Crippen LogP) is 5.27. The van der Waals surface area contributed by atoms with E-state index in [0.29, 0.717) is 5.92 Å². The first-order valence-corrected chi connectivity index (χ1v) is 10.4. The Hall–Kier alpha value is -0.503. The van der Waals surface area contributed by atoms with Crippen LogP contribution in [-0.2, 0) is 4.43 Å². The minimum atomic E-state index is -1.41. The van der Waals surface area contributed by atoms with Crippen LogP contribution in [-0.4, -0.2) is 8.32 Å². The molecule has 0 spiro atoms. The molecule has 17 heavy (non-hydrogen) atoms. The van der Waals surface area contributed by atoms with Crippen LogP contribution >= 0.6 is 0 Å². The van der Waals surface area contributed by atoms with Crippen molar-refractivity contribution in [3.05, 3.63) is 24.0 Å². The molecule has 1 nitrogen and oxygen atoms in total. The number of allylic oxidation sites excluding steroid dienone is 3.